The average Bonchev–Trinajstić information content (AvgIpc) is 3.09. The first kappa shape index (κ1) is 22.0. The SMILES string of the molecule is COc1cc2ncnc(N3CC[C@H](C(C)CN4CCCS4(=O)=O)[C@@H](O)C3)c2cc1OC. The molecular weight excluding hydrogens is 420 g/mol. The first-order valence-electron chi connectivity index (χ1n) is 10.6. The van der Waals surface area contributed by atoms with E-state index in [-0.39, 0.29) is 17.6 Å². The fourth-order valence-electron chi connectivity index (χ4n) is 4.78. The molecule has 0 aliphatic carbocycles. The number of hydrogen-bond acceptors (Lipinski definition) is 8. The highest BCUT2D eigenvalue weighted by Gasteiger charge is 2.36. The Balaban J connectivity index is 1.51. The number of anilines is 1. The van der Waals surface area contributed by atoms with E-state index in [0.717, 1.165) is 29.7 Å². The molecule has 2 fully saturated rings. The fourth-order valence-corrected chi connectivity index (χ4v) is 6.40. The third-order valence-corrected chi connectivity index (χ3v) is 8.40. The van der Waals surface area contributed by atoms with Gasteiger partial charge in [-0.1, -0.05) is 6.92 Å². The minimum absolute atomic E-state index is 0.0368. The van der Waals surface area contributed by atoms with Crippen molar-refractivity contribution in [1.29, 1.82) is 0 Å². The van der Waals surface area contributed by atoms with Gasteiger partial charge in [0.15, 0.2) is 11.5 Å². The standard InChI is InChI=1S/C21H30N4O5S/c1-14(11-25-6-4-8-31(25,27)28)15-5-7-24(12-18(15)26)21-16-9-19(29-2)20(30-3)10-17(16)22-13-23-21/h9-10,13-15,18,26H,4-8,11-12H2,1-3H3/t14?,15-,18+/m1/s1. The third kappa shape index (κ3) is 4.28. The van der Waals surface area contributed by atoms with Gasteiger partial charge in [0.25, 0.3) is 0 Å². The Kier molecular flexibility index (Phi) is 6.23. The molecule has 0 amide bonds. The van der Waals surface area contributed by atoms with Gasteiger partial charge in [-0.3, -0.25) is 0 Å². The lowest BCUT2D eigenvalue weighted by Crippen LogP contribution is -2.48. The molecule has 1 aromatic heterocycles. The van der Waals surface area contributed by atoms with Crippen molar-refractivity contribution in [2.24, 2.45) is 11.8 Å². The van der Waals surface area contributed by atoms with Gasteiger partial charge in [-0.15, -0.1) is 0 Å². The first-order chi connectivity index (χ1) is 14.8. The van der Waals surface area contributed by atoms with Crippen LogP contribution >= 0.6 is 0 Å². The minimum Gasteiger partial charge on any atom is -0.493 e. The second-order valence-corrected chi connectivity index (χ2v) is 10.5. The summed E-state index contributed by atoms with van der Waals surface area (Å²) in [6.07, 6.45) is 2.39. The Labute approximate surface area is 183 Å². The van der Waals surface area contributed by atoms with Gasteiger partial charge in [0.2, 0.25) is 10.0 Å². The van der Waals surface area contributed by atoms with Gasteiger partial charge >= 0.3 is 0 Å². The molecule has 0 spiro atoms. The normalized spacial score (nSPS) is 25.0. The van der Waals surface area contributed by atoms with Crippen LogP contribution in [-0.4, -0.2) is 80.1 Å². The topological polar surface area (TPSA) is 105 Å². The largest absolute Gasteiger partial charge is 0.493 e. The molecule has 0 bridgehead atoms. The second kappa shape index (κ2) is 8.76. The molecule has 2 saturated heterocycles. The van der Waals surface area contributed by atoms with Gasteiger partial charge in [0.1, 0.15) is 12.1 Å². The number of hydrogen-bond donors (Lipinski definition) is 1. The van der Waals surface area contributed by atoms with Crippen molar-refractivity contribution in [1.82, 2.24) is 14.3 Å². The molecule has 4 rings (SSSR count). The fraction of sp³-hybridized carbons (Fsp3) is 0.619. The van der Waals surface area contributed by atoms with E-state index in [0.29, 0.717) is 37.6 Å². The molecule has 10 heteroatoms. The van der Waals surface area contributed by atoms with E-state index < -0.39 is 16.1 Å². The van der Waals surface area contributed by atoms with Crippen molar-refractivity contribution >= 4 is 26.7 Å². The highest BCUT2D eigenvalue weighted by molar-refractivity contribution is 7.89. The van der Waals surface area contributed by atoms with Gasteiger partial charge in [0.05, 0.1) is 31.6 Å². The Hall–Kier alpha value is -2.17. The number of sulfonamides is 1. The maximum atomic E-state index is 12.1. The highest BCUT2D eigenvalue weighted by Crippen LogP contribution is 2.36. The summed E-state index contributed by atoms with van der Waals surface area (Å²) in [5.74, 6) is 2.30. The monoisotopic (exact) mass is 450 g/mol. The van der Waals surface area contributed by atoms with E-state index in [1.807, 2.05) is 19.1 Å². The van der Waals surface area contributed by atoms with Crippen LogP contribution < -0.4 is 14.4 Å². The van der Waals surface area contributed by atoms with Crippen molar-refractivity contribution in [3.05, 3.63) is 18.5 Å². The molecule has 0 radical (unpaired) electrons. The number of rotatable bonds is 6. The average molecular weight is 451 g/mol. The Morgan fingerprint density at radius 3 is 2.58 bits per heavy atom. The summed E-state index contributed by atoms with van der Waals surface area (Å²) in [6.45, 7) is 4.24. The number of ether oxygens (including phenoxy) is 2. The van der Waals surface area contributed by atoms with Crippen LogP contribution in [0.15, 0.2) is 18.5 Å². The van der Waals surface area contributed by atoms with Crippen LogP contribution in [0.3, 0.4) is 0 Å². The number of piperidine rings is 1. The van der Waals surface area contributed by atoms with Gasteiger partial charge in [0, 0.05) is 37.6 Å². The van der Waals surface area contributed by atoms with E-state index in [1.54, 1.807) is 18.5 Å². The molecule has 2 aliphatic heterocycles. The lowest BCUT2D eigenvalue weighted by molar-refractivity contribution is 0.0571. The Morgan fingerprint density at radius 2 is 1.94 bits per heavy atom. The molecule has 0 saturated carbocycles. The molecule has 9 nitrogen and oxygen atoms in total. The van der Waals surface area contributed by atoms with Crippen LogP contribution in [-0.2, 0) is 10.0 Å². The zero-order valence-corrected chi connectivity index (χ0v) is 19.0. The van der Waals surface area contributed by atoms with Crippen LogP contribution in [0.1, 0.15) is 19.8 Å². The van der Waals surface area contributed by atoms with Crippen LogP contribution in [0.4, 0.5) is 5.82 Å². The van der Waals surface area contributed by atoms with E-state index in [4.69, 9.17) is 9.47 Å². The second-order valence-electron chi connectivity index (χ2n) is 8.39. The van der Waals surface area contributed by atoms with Crippen molar-refractivity contribution in [2.45, 2.75) is 25.9 Å². The predicted molar refractivity (Wildman–Crippen MR) is 118 cm³/mol. The maximum absolute atomic E-state index is 12.1. The molecule has 1 unspecified atom stereocenters. The smallest absolute Gasteiger partial charge is 0.214 e. The third-order valence-electron chi connectivity index (χ3n) is 6.48. The van der Waals surface area contributed by atoms with Gasteiger partial charge in [-0.25, -0.2) is 22.7 Å². The van der Waals surface area contributed by atoms with Crippen molar-refractivity contribution in [3.8, 4) is 11.5 Å². The van der Waals surface area contributed by atoms with E-state index in [9.17, 15) is 13.5 Å². The van der Waals surface area contributed by atoms with Gasteiger partial charge < -0.3 is 19.5 Å². The Morgan fingerprint density at radius 1 is 1.19 bits per heavy atom. The summed E-state index contributed by atoms with van der Waals surface area (Å²) in [6, 6.07) is 3.68. The molecule has 2 aliphatic rings. The van der Waals surface area contributed by atoms with Crippen LogP contribution in [0.2, 0.25) is 0 Å². The van der Waals surface area contributed by atoms with Crippen LogP contribution in [0, 0.1) is 11.8 Å². The number of methoxy groups -OCH3 is 2. The van der Waals surface area contributed by atoms with Crippen LogP contribution in [0.5, 0.6) is 11.5 Å². The minimum atomic E-state index is -3.13. The Bertz CT molecular complexity index is 1050. The quantitative estimate of drug-likeness (QED) is 0.706. The summed E-state index contributed by atoms with van der Waals surface area (Å²) in [7, 11) is 0.0459. The highest BCUT2D eigenvalue weighted by atomic mass is 32.2. The van der Waals surface area contributed by atoms with E-state index >= 15 is 0 Å². The summed E-state index contributed by atoms with van der Waals surface area (Å²) in [4.78, 5) is 10.9. The first-order valence-corrected chi connectivity index (χ1v) is 12.2. The lowest BCUT2D eigenvalue weighted by atomic mass is 9.83. The number of β-amino-alcohol motifs (C(OH)–C–C–N with tert-alkyl or cyclic N) is 1. The van der Waals surface area contributed by atoms with Crippen molar-refractivity contribution in [3.63, 3.8) is 0 Å². The number of aliphatic hydroxyl groups excluding tert-OH is 1. The number of benzene rings is 1. The lowest BCUT2D eigenvalue weighted by Gasteiger charge is -2.40. The molecule has 170 valence electrons. The maximum Gasteiger partial charge on any atom is 0.214 e. The van der Waals surface area contributed by atoms with E-state index in [2.05, 4.69) is 14.9 Å². The molecule has 31 heavy (non-hydrogen) atoms. The van der Waals surface area contributed by atoms with Crippen LogP contribution in [0.25, 0.3) is 10.9 Å². The number of fused-ring (bicyclic) bond motifs is 1. The summed E-state index contributed by atoms with van der Waals surface area (Å²) < 4.78 is 36.7. The molecule has 3 atom stereocenters. The summed E-state index contributed by atoms with van der Waals surface area (Å²) in [5.41, 5.74) is 0.742. The van der Waals surface area contributed by atoms with Gasteiger partial charge in [-0.2, -0.15) is 0 Å². The molecular formula is C21H30N4O5S. The molecule has 2 aromatic rings. The van der Waals surface area contributed by atoms with Crippen molar-refractivity contribution in [2.75, 3.05) is 51.1 Å². The zero-order valence-electron chi connectivity index (χ0n) is 18.2. The zero-order chi connectivity index (χ0) is 22.2. The molecule has 1 N–H and O–H groups in total. The summed E-state index contributed by atoms with van der Waals surface area (Å²) in [5, 5.41) is 11.8. The number of aromatic nitrogens is 2. The summed E-state index contributed by atoms with van der Waals surface area (Å²) >= 11 is 0. The van der Waals surface area contributed by atoms with Gasteiger partial charge in [-0.05, 0) is 30.7 Å². The predicted octanol–water partition coefficient (Wildman–Crippen LogP) is 1.51. The van der Waals surface area contributed by atoms with Crippen molar-refractivity contribution < 1.29 is 23.0 Å². The molecule has 1 aromatic carbocycles. The number of nitrogens with zero attached hydrogens (tertiary/aromatic N) is 4. The molecule has 3 heterocycles. The number of aliphatic hydroxyl groups is 1. The van der Waals surface area contributed by atoms with E-state index in [1.165, 1.54) is 6.33 Å².